The normalized spacial score (nSPS) is 18.8. The molecule has 72 valence electrons. The molecule has 0 spiro atoms. The van der Waals surface area contributed by atoms with E-state index in [2.05, 4.69) is 13.0 Å². The molecule has 1 nitrogen and oxygen atoms in total. The van der Waals surface area contributed by atoms with Crippen molar-refractivity contribution in [1.29, 1.82) is 0 Å². The lowest BCUT2D eigenvalue weighted by atomic mass is 9.89. The molecule has 1 aliphatic carbocycles. The Morgan fingerprint density at radius 2 is 2.15 bits per heavy atom. The van der Waals surface area contributed by atoms with E-state index in [0.717, 1.165) is 37.7 Å². The molecular formula is C12H18O. The van der Waals surface area contributed by atoms with Crippen molar-refractivity contribution < 1.29 is 4.79 Å². The molecule has 13 heavy (non-hydrogen) atoms. The van der Waals surface area contributed by atoms with Crippen molar-refractivity contribution in [3.63, 3.8) is 0 Å². The molecule has 1 rings (SSSR count). The van der Waals surface area contributed by atoms with E-state index in [0.29, 0.717) is 5.78 Å². The molecule has 1 aliphatic rings. The van der Waals surface area contributed by atoms with Crippen LogP contribution in [-0.4, -0.2) is 5.78 Å². The van der Waals surface area contributed by atoms with E-state index in [4.69, 9.17) is 0 Å². The van der Waals surface area contributed by atoms with Gasteiger partial charge < -0.3 is 0 Å². The van der Waals surface area contributed by atoms with Gasteiger partial charge in [0.05, 0.1) is 0 Å². The Morgan fingerprint density at radius 3 is 2.77 bits per heavy atom. The summed E-state index contributed by atoms with van der Waals surface area (Å²) in [5, 5.41) is 0. The first kappa shape index (κ1) is 10.2. The van der Waals surface area contributed by atoms with Crippen LogP contribution < -0.4 is 0 Å². The number of hydrogen-bond donors (Lipinski definition) is 0. The Bertz CT molecular complexity index is 246. The fourth-order valence-corrected chi connectivity index (χ4v) is 1.80. The third-order valence-electron chi connectivity index (χ3n) is 2.60. The number of rotatable bonds is 3. The monoisotopic (exact) mass is 178 g/mol. The number of carbonyl (C=O) groups is 1. The summed E-state index contributed by atoms with van der Waals surface area (Å²) in [5.74, 6) is 0.383. The van der Waals surface area contributed by atoms with Gasteiger partial charge in [0.1, 0.15) is 0 Å². The van der Waals surface area contributed by atoms with E-state index in [1.165, 1.54) is 5.57 Å². The fourth-order valence-electron chi connectivity index (χ4n) is 1.80. The molecule has 0 aliphatic heterocycles. The van der Waals surface area contributed by atoms with Crippen LogP contribution >= 0.6 is 0 Å². The van der Waals surface area contributed by atoms with Gasteiger partial charge in [0.15, 0.2) is 5.78 Å². The topological polar surface area (TPSA) is 17.1 Å². The highest BCUT2D eigenvalue weighted by molar-refractivity contribution is 5.96. The van der Waals surface area contributed by atoms with Gasteiger partial charge in [0.2, 0.25) is 0 Å². The van der Waals surface area contributed by atoms with Crippen LogP contribution in [0.15, 0.2) is 23.3 Å². The van der Waals surface area contributed by atoms with Crippen molar-refractivity contribution in [2.75, 3.05) is 0 Å². The zero-order valence-corrected chi connectivity index (χ0v) is 8.60. The Hall–Kier alpha value is -0.850. The number of allylic oxidation sites excluding steroid dienone is 4. The van der Waals surface area contributed by atoms with Crippen LogP contribution in [0, 0.1) is 0 Å². The van der Waals surface area contributed by atoms with E-state index in [1.807, 2.05) is 13.0 Å². The largest absolute Gasteiger partial charge is 0.295 e. The van der Waals surface area contributed by atoms with Gasteiger partial charge in [-0.2, -0.15) is 0 Å². The second-order valence-corrected chi connectivity index (χ2v) is 3.64. The van der Waals surface area contributed by atoms with Crippen molar-refractivity contribution in [1.82, 2.24) is 0 Å². The summed E-state index contributed by atoms with van der Waals surface area (Å²) in [5.41, 5.74) is 2.42. The molecular weight excluding hydrogens is 160 g/mol. The molecule has 0 N–H and O–H groups in total. The van der Waals surface area contributed by atoms with Crippen LogP contribution in [0.25, 0.3) is 0 Å². The van der Waals surface area contributed by atoms with Gasteiger partial charge in [0, 0.05) is 6.42 Å². The van der Waals surface area contributed by atoms with E-state index in [-0.39, 0.29) is 0 Å². The van der Waals surface area contributed by atoms with Crippen molar-refractivity contribution in [3.8, 4) is 0 Å². The smallest absolute Gasteiger partial charge is 0.158 e. The van der Waals surface area contributed by atoms with Gasteiger partial charge in [-0.1, -0.05) is 17.7 Å². The van der Waals surface area contributed by atoms with E-state index in [1.54, 1.807) is 0 Å². The highest BCUT2D eigenvalue weighted by atomic mass is 16.1. The van der Waals surface area contributed by atoms with E-state index >= 15 is 0 Å². The number of hydrogen-bond acceptors (Lipinski definition) is 1. The molecule has 0 radical (unpaired) electrons. The molecule has 0 atom stereocenters. The quantitative estimate of drug-likeness (QED) is 0.605. The molecule has 0 amide bonds. The lowest BCUT2D eigenvalue weighted by molar-refractivity contribution is -0.116. The van der Waals surface area contributed by atoms with Crippen molar-refractivity contribution in [2.45, 2.75) is 46.0 Å². The number of carbonyl (C=O) groups excluding carboxylic acids is 1. The summed E-state index contributed by atoms with van der Waals surface area (Å²) in [6.07, 6.45) is 9.06. The van der Waals surface area contributed by atoms with Crippen molar-refractivity contribution in [2.24, 2.45) is 0 Å². The Balaban J connectivity index is 2.58. The van der Waals surface area contributed by atoms with Crippen LogP contribution in [0.3, 0.4) is 0 Å². The van der Waals surface area contributed by atoms with Gasteiger partial charge in [-0.25, -0.2) is 0 Å². The van der Waals surface area contributed by atoms with Crippen LogP contribution in [0.1, 0.15) is 46.0 Å². The minimum absolute atomic E-state index is 0.383. The average Bonchev–Trinajstić information content (AvgIpc) is 2.10. The molecule has 0 aromatic carbocycles. The molecule has 1 heteroatoms. The fraction of sp³-hybridized carbons (Fsp3) is 0.583. The zero-order chi connectivity index (χ0) is 9.68. The summed E-state index contributed by atoms with van der Waals surface area (Å²) in [6, 6.07) is 0. The number of ketones is 1. The third kappa shape index (κ3) is 2.83. The zero-order valence-electron chi connectivity index (χ0n) is 8.60. The van der Waals surface area contributed by atoms with Crippen LogP contribution in [-0.2, 0) is 4.79 Å². The van der Waals surface area contributed by atoms with Crippen molar-refractivity contribution in [3.05, 3.63) is 23.3 Å². The maximum absolute atomic E-state index is 11.5. The van der Waals surface area contributed by atoms with Gasteiger partial charge >= 0.3 is 0 Å². The van der Waals surface area contributed by atoms with Gasteiger partial charge in [-0.05, 0) is 45.1 Å². The summed E-state index contributed by atoms with van der Waals surface area (Å²) >= 11 is 0. The Labute approximate surface area is 80.5 Å². The molecule has 0 bridgehead atoms. The van der Waals surface area contributed by atoms with Crippen LogP contribution in [0.2, 0.25) is 0 Å². The first-order chi connectivity index (χ1) is 6.25. The lowest BCUT2D eigenvalue weighted by Crippen LogP contribution is -2.10. The molecule has 0 heterocycles. The molecule has 0 saturated heterocycles. The van der Waals surface area contributed by atoms with E-state index in [9.17, 15) is 4.79 Å². The second-order valence-electron chi connectivity index (χ2n) is 3.64. The van der Waals surface area contributed by atoms with Gasteiger partial charge in [0.25, 0.3) is 0 Å². The Morgan fingerprint density at radius 1 is 1.38 bits per heavy atom. The molecule has 0 aromatic heterocycles. The molecule has 0 saturated carbocycles. The van der Waals surface area contributed by atoms with Gasteiger partial charge in [-0.3, -0.25) is 4.79 Å². The number of Topliss-reactive ketones (excluding diaryl/α,β-unsaturated/α-hetero) is 1. The maximum Gasteiger partial charge on any atom is 0.158 e. The van der Waals surface area contributed by atoms with Crippen LogP contribution in [0.4, 0.5) is 0 Å². The minimum atomic E-state index is 0.383. The van der Waals surface area contributed by atoms with E-state index < -0.39 is 0 Å². The first-order valence-electron chi connectivity index (χ1n) is 5.08. The predicted molar refractivity (Wildman–Crippen MR) is 55.6 cm³/mol. The Kier molecular flexibility index (Phi) is 3.94. The lowest BCUT2D eigenvalue weighted by Gasteiger charge is -2.15. The standard InChI is InChI=1S/C12H18O/c1-3-4-5-8-11-10(2)7-6-9-12(11)13/h3-4H,5-9H2,1-2H3. The molecule has 0 fully saturated rings. The van der Waals surface area contributed by atoms with Crippen LogP contribution in [0.5, 0.6) is 0 Å². The summed E-state index contributed by atoms with van der Waals surface area (Å²) in [6.45, 7) is 4.12. The molecule has 0 aromatic rings. The summed E-state index contributed by atoms with van der Waals surface area (Å²) in [4.78, 5) is 11.5. The average molecular weight is 178 g/mol. The summed E-state index contributed by atoms with van der Waals surface area (Å²) in [7, 11) is 0. The highest BCUT2D eigenvalue weighted by Gasteiger charge is 2.16. The summed E-state index contributed by atoms with van der Waals surface area (Å²) < 4.78 is 0. The first-order valence-corrected chi connectivity index (χ1v) is 5.08. The third-order valence-corrected chi connectivity index (χ3v) is 2.60. The maximum atomic E-state index is 11.5. The molecule has 0 unspecified atom stereocenters. The highest BCUT2D eigenvalue weighted by Crippen LogP contribution is 2.24. The SMILES string of the molecule is CC=CCCC1=C(C)CCCC1=O. The van der Waals surface area contributed by atoms with Crippen molar-refractivity contribution >= 4 is 5.78 Å². The van der Waals surface area contributed by atoms with Gasteiger partial charge in [-0.15, -0.1) is 0 Å². The minimum Gasteiger partial charge on any atom is -0.295 e. The second kappa shape index (κ2) is 5.00. The predicted octanol–water partition coefficient (Wildman–Crippen LogP) is 3.41.